The summed E-state index contributed by atoms with van der Waals surface area (Å²) in [5.74, 6) is 0.902. The summed E-state index contributed by atoms with van der Waals surface area (Å²) >= 11 is 1.63. The molecule has 2 aromatic carbocycles. The summed E-state index contributed by atoms with van der Waals surface area (Å²) in [4.78, 5) is 15.1. The Morgan fingerprint density at radius 2 is 1.75 bits per heavy atom. The van der Waals surface area contributed by atoms with Gasteiger partial charge in [0.1, 0.15) is 18.5 Å². The van der Waals surface area contributed by atoms with Gasteiger partial charge in [0.15, 0.2) is 5.78 Å². The van der Waals surface area contributed by atoms with E-state index in [9.17, 15) is 9.90 Å². The van der Waals surface area contributed by atoms with Gasteiger partial charge in [-0.15, -0.1) is 11.3 Å². The van der Waals surface area contributed by atoms with E-state index >= 15 is 0 Å². The number of hydrogen-bond donors (Lipinski definition) is 2. The third kappa shape index (κ3) is 6.06. The van der Waals surface area contributed by atoms with Gasteiger partial charge in [0.25, 0.3) is 0 Å². The first-order chi connectivity index (χ1) is 15.4. The SMILES string of the molecule is CCCc1sc(C(=O)CCc2cc(C)c(OC[C@H](O)CO)c(C)c2)cc1-c1ccccc1. The number of rotatable bonds is 11. The fraction of sp³-hybridized carbons (Fsp3) is 0.370. The van der Waals surface area contributed by atoms with Crippen LogP contribution in [0.1, 0.15) is 51.0 Å². The molecular formula is C27H32O4S. The number of thiophene rings is 1. The molecule has 0 radical (unpaired) electrons. The largest absolute Gasteiger partial charge is 0.490 e. The van der Waals surface area contributed by atoms with Crippen LogP contribution in [-0.2, 0) is 12.8 Å². The summed E-state index contributed by atoms with van der Waals surface area (Å²) in [6, 6.07) is 16.4. The van der Waals surface area contributed by atoms with Crippen LogP contribution in [0.15, 0.2) is 48.5 Å². The van der Waals surface area contributed by atoms with Crippen LogP contribution in [0.5, 0.6) is 5.75 Å². The Hall–Kier alpha value is -2.47. The van der Waals surface area contributed by atoms with Crippen molar-refractivity contribution in [2.45, 2.75) is 52.6 Å². The number of aliphatic hydroxyl groups is 2. The van der Waals surface area contributed by atoms with Crippen LogP contribution < -0.4 is 4.74 Å². The van der Waals surface area contributed by atoms with Gasteiger partial charge in [0, 0.05) is 11.3 Å². The molecule has 0 amide bonds. The average molecular weight is 453 g/mol. The molecule has 3 rings (SSSR count). The van der Waals surface area contributed by atoms with Gasteiger partial charge in [-0.3, -0.25) is 4.79 Å². The van der Waals surface area contributed by atoms with Gasteiger partial charge in [0.2, 0.25) is 0 Å². The number of carbonyl (C=O) groups excluding carboxylic acids is 1. The zero-order valence-corrected chi connectivity index (χ0v) is 19.9. The molecule has 3 aromatic rings. The highest BCUT2D eigenvalue weighted by Gasteiger charge is 2.16. The molecule has 1 aromatic heterocycles. The highest BCUT2D eigenvalue weighted by atomic mass is 32.1. The topological polar surface area (TPSA) is 66.8 Å². The Morgan fingerprint density at radius 3 is 2.38 bits per heavy atom. The highest BCUT2D eigenvalue weighted by Crippen LogP contribution is 2.33. The summed E-state index contributed by atoms with van der Waals surface area (Å²) in [5, 5.41) is 18.5. The fourth-order valence-corrected chi connectivity index (χ4v) is 5.12. The Morgan fingerprint density at radius 1 is 1.06 bits per heavy atom. The van der Waals surface area contributed by atoms with Gasteiger partial charge in [-0.2, -0.15) is 0 Å². The minimum Gasteiger partial charge on any atom is -0.490 e. The van der Waals surface area contributed by atoms with Crippen LogP contribution in [0, 0.1) is 13.8 Å². The lowest BCUT2D eigenvalue weighted by Gasteiger charge is -2.15. The van der Waals surface area contributed by atoms with E-state index in [0.29, 0.717) is 12.8 Å². The van der Waals surface area contributed by atoms with Gasteiger partial charge in [-0.05, 0) is 60.6 Å². The van der Waals surface area contributed by atoms with Gasteiger partial charge >= 0.3 is 0 Å². The summed E-state index contributed by atoms with van der Waals surface area (Å²) in [6.07, 6.45) is 2.27. The number of ketones is 1. The molecule has 0 aliphatic rings. The number of aliphatic hydroxyl groups excluding tert-OH is 2. The smallest absolute Gasteiger partial charge is 0.173 e. The molecule has 0 spiro atoms. The molecule has 0 saturated carbocycles. The molecule has 1 atom stereocenters. The molecule has 0 unspecified atom stereocenters. The number of benzene rings is 2. The van der Waals surface area contributed by atoms with Crippen LogP contribution in [0.2, 0.25) is 0 Å². The van der Waals surface area contributed by atoms with Crippen molar-refractivity contribution < 1.29 is 19.7 Å². The number of hydrogen-bond acceptors (Lipinski definition) is 5. The number of carbonyl (C=O) groups is 1. The Kier molecular flexibility index (Phi) is 8.62. The first kappa shape index (κ1) is 24.2. The third-order valence-electron chi connectivity index (χ3n) is 5.44. The molecule has 170 valence electrons. The van der Waals surface area contributed by atoms with Crippen molar-refractivity contribution in [2.24, 2.45) is 0 Å². The zero-order chi connectivity index (χ0) is 23.1. The van der Waals surface area contributed by atoms with Crippen molar-refractivity contribution in [3.8, 4) is 16.9 Å². The van der Waals surface area contributed by atoms with Crippen LogP contribution in [0.4, 0.5) is 0 Å². The van der Waals surface area contributed by atoms with Gasteiger partial charge in [-0.1, -0.05) is 55.8 Å². The van der Waals surface area contributed by atoms with E-state index in [4.69, 9.17) is 9.84 Å². The summed E-state index contributed by atoms with van der Waals surface area (Å²) < 4.78 is 5.68. The van der Waals surface area contributed by atoms with E-state index in [2.05, 4.69) is 25.1 Å². The van der Waals surface area contributed by atoms with E-state index in [-0.39, 0.29) is 19.0 Å². The Bertz CT molecular complexity index is 1020. The van der Waals surface area contributed by atoms with E-state index < -0.39 is 6.10 Å². The lowest BCUT2D eigenvalue weighted by molar-refractivity contribution is 0.0531. The predicted octanol–water partition coefficient (Wildman–Crippen LogP) is 5.53. The zero-order valence-electron chi connectivity index (χ0n) is 19.1. The lowest BCUT2D eigenvalue weighted by atomic mass is 10.00. The summed E-state index contributed by atoms with van der Waals surface area (Å²) in [5.41, 5.74) is 5.37. The van der Waals surface area contributed by atoms with Crippen LogP contribution in [0.3, 0.4) is 0 Å². The second kappa shape index (κ2) is 11.4. The maximum absolute atomic E-state index is 13.0. The molecule has 32 heavy (non-hydrogen) atoms. The quantitative estimate of drug-likeness (QED) is 0.375. The third-order valence-corrected chi connectivity index (χ3v) is 6.67. The average Bonchev–Trinajstić information content (AvgIpc) is 3.21. The van der Waals surface area contributed by atoms with Crippen molar-refractivity contribution >= 4 is 17.1 Å². The minimum absolute atomic E-state index is 0.0538. The van der Waals surface area contributed by atoms with Crippen molar-refractivity contribution in [1.82, 2.24) is 0 Å². The minimum atomic E-state index is -0.893. The lowest BCUT2D eigenvalue weighted by Crippen LogP contribution is -2.21. The maximum atomic E-state index is 13.0. The number of Topliss-reactive ketones (excluding diaryl/α,β-unsaturated/α-hetero) is 1. The van der Waals surface area contributed by atoms with Gasteiger partial charge < -0.3 is 14.9 Å². The van der Waals surface area contributed by atoms with Gasteiger partial charge in [-0.25, -0.2) is 0 Å². The van der Waals surface area contributed by atoms with Gasteiger partial charge in [0.05, 0.1) is 11.5 Å². The standard InChI is InChI=1S/C27H32O4S/c1-4-8-25-23(21-9-6-5-7-10-21)15-26(32-25)24(30)12-11-20-13-18(2)27(19(3)14-20)31-17-22(29)16-28/h5-7,9-10,13-15,22,28-29H,4,8,11-12,16-17H2,1-3H3/t22-/m1/s1. The van der Waals surface area contributed by atoms with Crippen molar-refractivity contribution in [3.63, 3.8) is 0 Å². The molecule has 0 aliphatic carbocycles. The molecule has 2 N–H and O–H groups in total. The van der Waals surface area contributed by atoms with Crippen molar-refractivity contribution in [2.75, 3.05) is 13.2 Å². The first-order valence-electron chi connectivity index (χ1n) is 11.2. The molecule has 1 heterocycles. The highest BCUT2D eigenvalue weighted by molar-refractivity contribution is 7.14. The number of ether oxygens (including phenoxy) is 1. The molecule has 0 saturated heterocycles. The number of aryl methyl sites for hydroxylation is 4. The van der Waals surface area contributed by atoms with Crippen LogP contribution in [-0.4, -0.2) is 35.3 Å². The van der Waals surface area contributed by atoms with E-state index in [1.807, 2.05) is 44.2 Å². The Labute approximate surface area is 194 Å². The molecule has 0 aliphatic heterocycles. The predicted molar refractivity (Wildman–Crippen MR) is 131 cm³/mol. The second-order valence-corrected chi connectivity index (χ2v) is 9.33. The molecule has 4 nitrogen and oxygen atoms in total. The van der Waals surface area contributed by atoms with E-state index in [0.717, 1.165) is 40.2 Å². The van der Waals surface area contributed by atoms with Crippen molar-refractivity contribution in [3.05, 3.63) is 75.0 Å². The monoisotopic (exact) mass is 452 g/mol. The fourth-order valence-electron chi connectivity index (χ4n) is 3.87. The summed E-state index contributed by atoms with van der Waals surface area (Å²) in [6.45, 7) is 5.81. The molecular weight excluding hydrogens is 420 g/mol. The second-order valence-electron chi connectivity index (χ2n) is 8.19. The molecule has 5 heteroatoms. The summed E-state index contributed by atoms with van der Waals surface area (Å²) in [7, 11) is 0. The maximum Gasteiger partial charge on any atom is 0.173 e. The van der Waals surface area contributed by atoms with Crippen molar-refractivity contribution in [1.29, 1.82) is 0 Å². The van der Waals surface area contributed by atoms with E-state index in [1.165, 1.54) is 16.0 Å². The molecule has 0 fully saturated rings. The Balaban J connectivity index is 1.70. The van der Waals surface area contributed by atoms with Crippen LogP contribution >= 0.6 is 11.3 Å². The van der Waals surface area contributed by atoms with E-state index in [1.54, 1.807) is 11.3 Å². The normalized spacial score (nSPS) is 12.0. The van der Waals surface area contributed by atoms with Crippen LogP contribution in [0.25, 0.3) is 11.1 Å². The first-order valence-corrected chi connectivity index (χ1v) is 12.0. The molecule has 0 bridgehead atoms.